The van der Waals surface area contributed by atoms with Crippen molar-refractivity contribution < 1.29 is 36.6 Å². The molecule has 0 aromatic rings. The molecule has 0 heterocycles. The quantitative estimate of drug-likeness (QED) is 0.477. The fraction of sp³-hybridized carbons (Fsp3) is 0.778. The van der Waals surface area contributed by atoms with Crippen LogP contribution in [-0.2, 0) is 29.3 Å². The van der Waals surface area contributed by atoms with Crippen molar-refractivity contribution >= 4 is 63.5 Å². The van der Waals surface area contributed by atoms with E-state index in [-0.39, 0.29) is 6.42 Å². The zero-order chi connectivity index (χ0) is 17.2. The Hall–Kier alpha value is -0.200. The van der Waals surface area contributed by atoms with Crippen molar-refractivity contribution in [2.75, 3.05) is 12.5 Å². The fourth-order valence-corrected chi connectivity index (χ4v) is 6.32. The average molecular weight is 474 g/mol. The van der Waals surface area contributed by atoms with E-state index >= 15 is 0 Å². The summed E-state index contributed by atoms with van der Waals surface area (Å²) in [6, 6.07) is 0. The predicted octanol–water partition coefficient (Wildman–Crippen LogP) is 0.248. The Kier molecular flexibility index (Phi) is 6.85. The SMILES string of the molecule is CS(=O)(=O)C(CCC(Br)C(=O)O)C(Br)(C(=O)O)S(C)(=O)=O. The summed E-state index contributed by atoms with van der Waals surface area (Å²) in [5.74, 6) is -3.14. The Morgan fingerprint density at radius 2 is 1.52 bits per heavy atom. The van der Waals surface area contributed by atoms with Crippen LogP contribution in [0.25, 0.3) is 0 Å². The van der Waals surface area contributed by atoms with Crippen molar-refractivity contribution in [1.82, 2.24) is 0 Å². The van der Waals surface area contributed by atoms with E-state index in [2.05, 4.69) is 31.9 Å². The molecule has 8 nitrogen and oxygen atoms in total. The fourth-order valence-electron chi connectivity index (χ4n) is 1.63. The van der Waals surface area contributed by atoms with E-state index in [4.69, 9.17) is 10.2 Å². The maximum atomic E-state index is 11.8. The topological polar surface area (TPSA) is 143 Å². The smallest absolute Gasteiger partial charge is 0.337 e. The van der Waals surface area contributed by atoms with E-state index in [1.54, 1.807) is 0 Å². The molecule has 0 aliphatic rings. The molecule has 2 N–H and O–H groups in total. The van der Waals surface area contributed by atoms with Gasteiger partial charge in [-0.3, -0.25) is 4.79 Å². The lowest BCUT2D eigenvalue weighted by Gasteiger charge is -2.29. The zero-order valence-electron chi connectivity index (χ0n) is 11.0. The summed E-state index contributed by atoms with van der Waals surface area (Å²) < 4.78 is 44.3. The first-order valence-corrected chi connectivity index (χ1v) is 10.9. The number of hydrogen-bond donors (Lipinski definition) is 2. The Balaban J connectivity index is 5.84. The van der Waals surface area contributed by atoms with Crippen molar-refractivity contribution in [3.63, 3.8) is 0 Å². The van der Waals surface area contributed by atoms with Crippen LogP contribution in [0.1, 0.15) is 12.8 Å². The Labute approximate surface area is 139 Å². The first kappa shape index (κ1) is 20.8. The molecule has 3 unspecified atom stereocenters. The minimum atomic E-state index is -4.34. The van der Waals surface area contributed by atoms with Crippen molar-refractivity contribution in [1.29, 1.82) is 0 Å². The Bertz CT molecular complexity index is 626. The van der Waals surface area contributed by atoms with Gasteiger partial charge in [0, 0.05) is 12.5 Å². The molecule has 0 amide bonds. The highest BCUT2D eigenvalue weighted by molar-refractivity contribution is 9.12. The van der Waals surface area contributed by atoms with E-state index in [1.807, 2.05) is 0 Å². The molecule has 0 aromatic heterocycles. The second kappa shape index (κ2) is 6.92. The molecule has 0 fully saturated rings. The molecule has 124 valence electrons. The van der Waals surface area contributed by atoms with Crippen LogP contribution in [0.2, 0.25) is 0 Å². The van der Waals surface area contributed by atoms with E-state index in [1.165, 1.54) is 0 Å². The van der Waals surface area contributed by atoms with E-state index in [0.717, 1.165) is 0 Å². The molecule has 0 rings (SSSR count). The van der Waals surface area contributed by atoms with Gasteiger partial charge in [0.05, 0.1) is 0 Å². The van der Waals surface area contributed by atoms with Crippen LogP contribution in [0.3, 0.4) is 0 Å². The highest BCUT2D eigenvalue weighted by atomic mass is 79.9. The van der Waals surface area contributed by atoms with Crippen LogP contribution < -0.4 is 0 Å². The molecule has 0 saturated carbocycles. The number of sulfone groups is 2. The van der Waals surface area contributed by atoms with Crippen molar-refractivity contribution in [3.8, 4) is 0 Å². The molecule has 0 aliphatic heterocycles. The Morgan fingerprint density at radius 3 is 1.76 bits per heavy atom. The van der Waals surface area contributed by atoms with Gasteiger partial charge in [-0.25, -0.2) is 21.6 Å². The second-order valence-electron chi connectivity index (χ2n) is 4.42. The molecular formula is C9H14Br2O8S2. The third-order valence-corrected chi connectivity index (χ3v) is 9.83. The molecule has 0 aliphatic carbocycles. The highest BCUT2D eigenvalue weighted by Crippen LogP contribution is 2.36. The lowest BCUT2D eigenvalue weighted by molar-refractivity contribution is -0.137. The largest absolute Gasteiger partial charge is 0.480 e. The van der Waals surface area contributed by atoms with Gasteiger partial charge in [-0.05, 0) is 12.8 Å². The summed E-state index contributed by atoms with van der Waals surface area (Å²) in [4.78, 5) is 20.9. The summed E-state index contributed by atoms with van der Waals surface area (Å²) in [6.07, 6.45) is 0.567. The standard InChI is InChI=1S/C9H14Br2O8S2/c1-20(16,17)6(4-3-5(10)7(12)13)9(11,8(14)15)21(2,18)19/h5-6H,3-4H2,1-2H3,(H,12,13)(H,14,15). The van der Waals surface area contributed by atoms with Gasteiger partial charge in [0.1, 0.15) is 10.1 Å². The van der Waals surface area contributed by atoms with Crippen LogP contribution in [0.4, 0.5) is 0 Å². The monoisotopic (exact) mass is 472 g/mol. The second-order valence-corrected chi connectivity index (χ2v) is 11.7. The molecule has 12 heteroatoms. The number of carbonyl (C=O) groups is 2. The van der Waals surface area contributed by atoms with Crippen LogP contribution >= 0.6 is 31.9 Å². The highest BCUT2D eigenvalue weighted by Gasteiger charge is 2.56. The number of hydrogen-bond acceptors (Lipinski definition) is 6. The van der Waals surface area contributed by atoms with Gasteiger partial charge in [0.25, 0.3) is 0 Å². The normalized spacial score (nSPS) is 18.5. The van der Waals surface area contributed by atoms with Crippen LogP contribution in [-0.4, -0.2) is 65.2 Å². The molecule has 0 radical (unpaired) electrons. The summed E-state index contributed by atoms with van der Waals surface area (Å²) in [7, 11) is -8.43. The number of alkyl halides is 2. The molecule has 0 aromatic carbocycles. The van der Waals surface area contributed by atoms with Gasteiger partial charge in [-0.1, -0.05) is 31.9 Å². The van der Waals surface area contributed by atoms with E-state index < -0.39 is 51.8 Å². The van der Waals surface area contributed by atoms with Gasteiger partial charge < -0.3 is 10.2 Å². The van der Waals surface area contributed by atoms with Gasteiger partial charge in [0.2, 0.25) is 3.66 Å². The minimum Gasteiger partial charge on any atom is -0.480 e. The molecule has 3 atom stereocenters. The average Bonchev–Trinajstić information content (AvgIpc) is 2.24. The van der Waals surface area contributed by atoms with E-state index in [0.29, 0.717) is 12.5 Å². The third kappa shape index (κ3) is 4.89. The van der Waals surface area contributed by atoms with Crippen LogP contribution in [0.5, 0.6) is 0 Å². The Morgan fingerprint density at radius 1 is 1.10 bits per heavy atom. The van der Waals surface area contributed by atoms with Crippen LogP contribution in [0, 0.1) is 0 Å². The number of aliphatic carboxylic acids is 2. The first-order valence-electron chi connectivity index (χ1n) is 5.33. The molecule has 0 spiro atoms. The lowest BCUT2D eigenvalue weighted by atomic mass is 10.1. The maximum Gasteiger partial charge on any atom is 0.337 e. The van der Waals surface area contributed by atoms with Crippen molar-refractivity contribution in [3.05, 3.63) is 0 Å². The van der Waals surface area contributed by atoms with Crippen LogP contribution in [0.15, 0.2) is 0 Å². The van der Waals surface area contributed by atoms with Crippen molar-refractivity contribution in [2.24, 2.45) is 0 Å². The number of halogens is 2. The van der Waals surface area contributed by atoms with Gasteiger partial charge in [-0.2, -0.15) is 0 Å². The lowest BCUT2D eigenvalue weighted by Crippen LogP contribution is -2.53. The third-order valence-electron chi connectivity index (χ3n) is 2.71. The molecule has 0 bridgehead atoms. The first-order chi connectivity index (χ1) is 9.15. The summed E-state index contributed by atoms with van der Waals surface area (Å²) >= 11 is 5.32. The zero-order valence-corrected chi connectivity index (χ0v) is 15.8. The number of rotatable bonds is 8. The summed E-state index contributed by atoms with van der Waals surface area (Å²) in [5.41, 5.74) is 0. The number of carboxylic acid groups (broad SMARTS) is 2. The van der Waals surface area contributed by atoms with Gasteiger partial charge >= 0.3 is 11.9 Å². The summed E-state index contributed by atoms with van der Waals surface area (Å²) in [6.45, 7) is 0. The maximum absolute atomic E-state index is 11.8. The van der Waals surface area contributed by atoms with Gasteiger partial charge in [-0.15, -0.1) is 0 Å². The molecule has 21 heavy (non-hydrogen) atoms. The van der Waals surface area contributed by atoms with Gasteiger partial charge in [0.15, 0.2) is 19.7 Å². The van der Waals surface area contributed by atoms with Crippen molar-refractivity contribution in [2.45, 2.75) is 26.6 Å². The predicted molar refractivity (Wildman–Crippen MR) is 82.4 cm³/mol. The van der Waals surface area contributed by atoms with E-state index in [9.17, 15) is 26.4 Å². The molecular weight excluding hydrogens is 460 g/mol. The summed E-state index contributed by atoms with van der Waals surface area (Å²) in [5, 5.41) is 16.0. The number of carboxylic acids is 2. The minimum absolute atomic E-state index is 0.261. The molecule has 0 saturated heterocycles.